The number of anilines is 3. The molecule has 0 radical (unpaired) electrons. The van der Waals surface area contributed by atoms with Gasteiger partial charge in [-0.2, -0.15) is 5.26 Å². The standard InChI is InChI=1S/C16H11BrN4/c17-12-6-10-2-1-3-15(16(10)20-9-12)21-13-4-5-14(19)11(7-13)8-18/h1-7,9,21H,19H2. The lowest BCUT2D eigenvalue weighted by atomic mass is 10.1. The molecule has 0 unspecified atom stereocenters. The molecule has 0 atom stereocenters. The van der Waals surface area contributed by atoms with Gasteiger partial charge in [0.25, 0.3) is 0 Å². The Bertz CT molecular complexity index is 868. The number of hydrogen-bond acceptors (Lipinski definition) is 4. The van der Waals surface area contributed by atoms with E-state index in [2.05, 4.69) is 32.3 Å². The lowest BCUT2D eigenvalue weighted by molar-refractivity contribution is 1.38. The first-order chi connectivity index (χ1) is 10.2. The van der Waals surface area contributed by atoms with Gasteiger partial charge in [0.15, 0.2) is 0 Å². The molecular weight excluding hydrogens is 328 g/mol. The van der Waals surface area contributed by atoms with Crippen LogP contribution < -0.4 is 11.1 Å². The fourth-order valence-electron chi connectivity index (χ4n) is 2.12. The van der Waals surface area contributed by atoms with Crippen molar-refractivity contribution in [2.45, 2.75) is 0 Å². The topological polar surface area (TPSA) is 74.7 Å². The average molecular weight is 339 g/mol. The molecule has 3 rings (SSSR count). The Morgan fingerprint density at radius 1 is 1.19 bits per heavy atom. The number of rotatable bonds is 2. The minimum Gasteiger partial charge on any atom is -0.398 e. The zero-order valence-corrected chi connectivity index (χ0v) is 12.6. The SMILES string of the molecule is N#Cc1cc(Nc2cccc3cc(Br)cnc23)ccc1N. The summed E-state index contributed by atoms with van der Waals surface area (Å²) in [5.74, 6) is 0. The number of hydrogen-bond donors (Lipinski definition) is 2. The van der Waals surface area contributed by atoms with E-state index < -0.39 is 0 Å². The van der Waals surface area contributed by atoms with Crippen LogP contribution in [0.3, 0.4) is 0 Å². The molecule has 0 saturated carbocycles. The Balaban J connectivity index is 2.04. The van der Waals surface area contributed by atoms with Gasteiger partial charge in [-0.3, -0.25) is 4.98 Å². The first kappa shape index (κ1) is 13.4. The summed E-state index contributed by atoms with van der Waals surface area (Å²) < 4.78 is 0.936. The number of nitrogens with one attached hydrogen (secondary N) is 1. The molecule has 0 aliphatic rings. The van der Waals surface area contributed by atoms with Crippen LogP contribution in [0.15, 0.2) is 53.1 Å². The number of aromatic nitrogens is 1. The lowest BCUT2D eigenvalue weighted by Crippen LogP contribution is -1.96. The van der Waals surface area contributed by atoms with Gasteiger partial charge in [-0.15, -0.1) is 0 Å². The van der Waals surface area contributed by atoms with E-state index in [-0.39, 0.29) is 0 Å². The third-order valence-electron chi connectivity index (χ3n) is 3.13. The average Bonchev–Trinajstić information content (AvgIpc) is 2.49. The molecule has 1 heterocycles. The van der Waals surface area contributed by atoms with Crippen LogP contribution in [0.5, 0.6) is 0 Å². The fraction of sp³-hybridized carbons (Fsp3) is 0. The molecule has 0 bridgehead atoms. The van der Waals surface area contributed by atoms with Crippen LogP contribution in [-0.4, -0.2) is 4.98 Å². The third-order valence-corrected chi connectivity index (χ3v) is 3.56. The molecule has 4 nitrogen and oxygen atoms in total. The molecule has 1 aromatic heterocycles. The Kier molecular flexibility index (Phi) is 3.46. The van der Waals surface area contributed by atoms with E-state index in [9.17, 15) is 0 Å². The maximum absolute atomic E-state index is 9.04. The van der Waals surface area contributed by atoms with Crippen molar-refractivity contribution in [3.8, 4) is 6.07 Å². The maximum Gasteiger partial charge on any atom is 0.101 e. The van der Waals surface area contributed by atoms with Crippen molar-refractivity contribution in [1.29, 1.82) is 5.26 Å². The predicted molar refractivity (Wildman–Crippen MR) is 88.3 cm³/mol. The van der Waals surface area contributed by atoms with Gasteiger partial charge >= 0.3 is 0 Å². The number of benzene rings is 2. The van der Waals surface area contributed by atoms with Gasteiger partial charge in [0.05, 0.1) is 16.8 Å². The predicted octanol–water partition coefficient (Wildman–Crippen LogP) is 4.19. The number of pyridine rings is 1. The first-order valence-electron chi connectivity index (χ1n) is 6.28. The second-order valence-corrected chi connectivity index (χ2v) is 5.49. The van der Waals surface area contributed by atoms with E-state index in [1.54, 1.807) is 18.3 Å². The summed E-state index contributed by atoms with van der Waals surface area (Å²) in [6, 6.07) is 15.3. The number of para-hydroxylation sites is 1. The minimum atomic E-state index is 0.455. The molecular formula is C16H11BrN4. The molecule has 2 aromatic carbocycles. The molecule has 0 aliphatic heterocycles. The number of halogens is 1. The zero-order valence-electron chi connectivity index (χ0n) is 11.0. The summed E-state index contributed by atoms with van der Waals surface area (Å²) in [6.45, 7) is 0. The van der Waals surface area contributed by atoms with Gasteiger partial charge in [-0.1, -0.05) is 12.1 Å². The molecule has 21 heavy (non-hydrogen) atoms. The van der Waals surface area contributed by atoms with Crippen molar-refractivity contribution < 1.29 is 0 Å². The Hall–Kier alpha value is -2.58. The molecule has 0 saturated heterocycles. The fourth-order valence-corrected chi connectivity index (χ4v) is 2.47. The van der Waals surface area contributed by atoms with E-state index in [4.69, 9.17) is 11.0 Å². The molecule has 0 fully saturated rings. The summed E-state index contributed by atoms with van der Waals surface area (Å²) in [5, 5.41) is 13.4. The van der Waals surface area contributed by atoms with Crippen molar-refractivity contribution in [2.24, 2.45) is 0 Å². The van der Waals surface area contributed by atoms with Gasteiger partial charge < -0.3 is 11.1 Å². The summed E-state index contributed by atoms with van der Waals surface area (Å²) >= 11 is 3.42. The number of nitrogen functional groups attached to an aromatic ring is 1. The summed E-state index contributed by atoms with van der Waals surface area (Å²) in [7, 11) is 0. The van der Waals surface area contributed by atoms with Crippen molar-refractivity contribution >= 4 is 43.9 Å². The van der Waals surface area contributed by atoms with Gasteiger partial charge in [-0.05, 0) is 46.3 Å². The maximum atomic E-state index is 9.04. The number of nitrogens with two attached hydrogens (primary N) is 1. The lowest BCUT2D eigenvalue weighted by Gasteiger charge is -2.10. The number of nitriles is 1. The molecule has 0 spiro atoms. The highest BCUT2D eigenvalue weighted by molar-refractivity contribution is 9.10. The Morgan fingerprint density at radius 2 is 2.05 bits per heavy atom. The smallest absolute Gasteiger partial charge is 0.101 e. The minimum absolute atomic E-state index is 0.455. The quantitative estimate of drug-likeness (QED) is 0.687. The van der Waals surface area contributed by atoms with E-state index >= 15 is 0 Å². The zero-order chi connectivity index (χ0) is 14.8. The Morgan fingerprint density at radius 3 is 2.86 bits per heavy atom. The number of fused-ring (bicyclic) bond motifs is 1. The summed E-state index contributed by atoms with van der Waals surface area (Å²) in [5.41, 5.74) is 9.22. The van der Waals surface area contributed by atoms with E-state index in [0.717, 1.165) is 26.8 Å². The normalized spacial score (nSPS) is 10.3. The Labute approximate surface area is 130 Å². The van der Waals surface area contributed by atoms with Crippen LogP contribution in [0, 0.1) is 11.3 Å². The van der Waals surface area contributed by atoms with Crippen LogP contribution in [0.1, 0.15) is 5.56 Å². The molecule has 102 valence electrons. The highest BCUT2D eigenvalue weighted by Gasteiger charge is 2.05. The second kappa shape index (κ2) is 5.43. The monoisotopic (exact) mass is 338 g/mol. The molecule has 5 heteroatoms. The first-order valence-corrected chi connectivity index (χ1v) is 7.07. The summed E-state index contributed by atoms with van der Waals surface area (Å²) in [6.07, 6.45) is 1.76. The van der Waals surface area contributed by atoms with Crippen LogP contribution in [-0.2, 0) is 0 Å². The van der Waals surface area contributed by atoms with Crippen LogP contribution >= 0.6 is 15.9 Å². The van der Waals surface area contributed by atoms with Crippen molar-refractivity contribution in [3.05, 3.63) is 58.7 Å². The van der Waals surface area contributed by atoms with Crippen molar-refractivity contribution in [2.75, 3.05) is 11.1 Å². The molecule has 0 amide bonds. The van der Waals surface area contributed by atoms with Crippen molar-refractivity contribution in [1.82, 2.24) is 4.98 Å². The van der Waals surface area contributed by atoms with Gasteiger partial charge in [0.1, 0.15) is 6.07 Å². The highest BCUT2D eigenvalue weighted by atomic mass is 79.9. The van der Waals surface area contributed by atoms with E-state index in [0.29, 0.717) is 11.3 Å². The second-order valence-electron chi connectivity index (χ2n) is 4.57. The molecule has 3 N–H and O–H groups in total. The van der Waals surface area contributed by atoms with Crippen LogP contribution in [0.25, 0.3) is 10.9 Å². The largest absolute Gasteiger partial charge is 0.398 e. The van der Waals surface area contributed by atoms with E-state index in [1.165, 1.54) is 0 Å². The molecule has 3 aromatic rings. The van der Waals surface area contributed by atoms with Gasteiger partial charge in [0.2, 0.25) is 0 Å². The third kappa shape index (κ3) is 2.67. The van der Waals surface area contributed by atoms with Crippen LogP contribution in [0.2, 0.25) is 0 Å². The highest BCUT2D eigenvalue weighted by Crippen LogP contribution is 2.27. The van der Waals surface area contributed by atoms with Crippen LogP contribution in [0.4, 0.5) is 17.1 Å². The molecule has 0 aliphatic carbocycles. The number of nitrogens with zero attached hydrogens (tertiary/aromatic N) is 2. The van der Waals surface area contributed by atoms with Gasteiger partial charge in [-0.25, -0.2) is 0 Å². The van der Waals surface area contributed by atoms with E-state index in [1.807, 2.05) is 30.3 Å². The summed E-state index contributed by atoms with van der Waals surface area (Å²) in [4.78, 5) is 4.44. The van der Waals surface area contributed by atoms with Crippen molar-refractivity contribution in [3.63, 3.8) is 0 Å². The van der Waals surface area contributed by atoms with Gasteiger partial charge in [0, 0.05) is 27.4 Å².